The number of carbonyl (C=O) groups is 2. The Morgan fingerprint density at radius 3 is 2.55 bits per heavy atom. The van der Waals surface area contributed by atoms with E-state index in [2.05, 4.69) is 15.9 Å². The summed E-state index contributed by atoms with van der Waals surface area (Å²) in [5.74, 6) is 1.43. The predicted molar refractivity (Wildman–Crippen MR) is 143 cm³/mol. The van der Waals surface area contributed by atoms with Gasteiger partial charge in [-0.3, -0.25) is 9.59 Å². The highest BCUT2D eigenvalue weighted by atomic mass is 32.2. The lowest BCUT2D eigenvalue weighted by Gasteiger charge is -2.27. The van der Waals surface area contributed by atoms with Gasteiger partial charge in [0.2, 0.25) is 10.0 Å². The quantitative estimate of drug-likeness (QED) is 0.332. The number of carbonyl (C=O) groups excluding carboxylic acids is 1. The van der Waals surface area contributed by atoms with E-state index in [1.54, 1.807) is 27.0 Å². The van der Waals surface area contributed by atoms with Crippen LogP contribution in [-0.2, 0) is 26.0 Å². The first kappa shape index (κ1) is 28.7. The number of benzene rings is 1. The van der Waals surface area contributed by atoms with Crippen molar-refractivity contribution < 1.29 is 27.9 Å². The first-order valence-electron chi connectivity index (χ1n) is 12.0. The summed E-state index contributed by atoms with van der Waals surface area (Å²) in [5.41, 5.74) is 0.363. The molecule has 3 N–H and O–H groups in total. The number of aliphatic carboxylic acids is 1. The second-order valence-electron chi connectivity index (χ2n) is 9.92. The van der Waals surface area contributed by atoms with Crippen LogP contribution in [0.5, 0.6) is 0 Å². The number of nitrogens with one attached hydrogen (secondary N) is 2. The van der Waals surface area contributed by atoms with Crippen LogP contribution in [-0.4, -0.2) is 77.0 Å². The number of hydrogen-bond acceptors (Lipinski definition) is 6. The molecule has 2 heterocycles. The molecule has 204 valence electrons. The third-order valence-corrected chi connectivity index (χ3v) is 7.67. The molecule has 0 atom stereocenters. The predicted octanol–water partition coefficient (Wildman–Crippen LogP) is 2.91. The number of pyridine rings is 1. The Labute approximate surface area is 220 Å². The van der Waals surface area contributed by atoms with Crippen LogP contribution < -0.4 is 5.56 Å². The van der Waals surface area contributed by atoms with E-state index in [4.69, 9.17) is 16.3 Å². The minimum atomic E-state index is -4.08. The Bertz CT molecular complexity index is 1560. The van der Waals surface area contributed by atoms with E-state index in [-0.39, 0.29) is 42.0 Å². The molecule has 0 bridgehead atoms. The second kappa shape index (κ2) is 11.3. The van der Waals surface area contributed by atoms with Crippen molar-refractivity contribution in [1.82, 2.24) is 19.2 Å². The fraction of sp³-hybridized carbons (Fsp3) is 0.423. The molecular formula is C26H32N4O7S. The Balaban J connectivity index is 1.97. The molecule has 3 rings (SSSR count). The summed E-state index contributed by atoms with van der Waals surface area (Å²) in [6.45, 7) is 4.98. The molecule has 12 heteroatoms. The highest BCUT2D eigenvalue weighted by molar-refractivity contribution is 7.89. The van der Waals surface area contributed by atoms with Crippen molar-refractivity contribution in [2.45, 2.75) is 50.5 Å². The highest BCUT2D eigenvalue weighted by Gasteiger charge is 2.27. The smallest absolute Gasteiger partial charge is 0.410 e. The van der Waals surface area contributed by atoms with Crippen molar-refractivity contribution in [2.24, 2.45) is 0 Å². The van der Waals surface area contributed by atoms with E-state index in [0.717, 1.165) is 4.31 Å². The van der Waals surface area contributed by atoms with E-state index >= 15 is 0 Å². The number of ether oxygens (including phenoxy) is 1. The maximum absolute atomic E-state index is 13.6. The minimum Gasteiger partial charge on any atom is -0.481 e. The van der Waals surface area contributed by atoms with Crippen LogP contribution in [0.2, 0.25) is 0 Å². The summed E-state index contributed by atoms with van der Waals surface area (Å²) in [6, 6.07) is 4.37. The number of likely N-dealkylation sites (N-methyl/N-ethyl adjacent to an activating group) is 1. The van der Waals surface area contributed by atoms with Crippen molar-refractivity contribution in [3.8, 4) is 12.3 Å². The molecule has 0 aliphatic carbocycles. The summed E-state index contributed by atoms with van der Waals surface area (Å²) < 4.78 is 33.6. The van der Waals surface area contributed by atoms with E-state index < -0.39 is 27.7 Å². The second-order valence-corrected chi connectivity index (χ2v) is 11.9. The maximum atomic E-state index is 13.6. The Kier molecular flexibility index (Phi) is 8.54. The molecule has 0 aliphatic heterocycles. The maximum Gasteiger partial charge on any atom is 0.410 e. The average molecular weight is 545 g/mol. The van der Waals surface area contributed by atoms with Gasteiger partial charge >= 0.3 is 12.1 Å². The third kappa shape index (κ3) is 6.54. The summed E-state index contributed by atoms with van der Waals surface area (Å²) >= 11 is 0. The Morgan fingerprint density at radius 2 is 1.92 bits per heavy atom. The van der Waals surface area contributed by atoms with Gasteiger partial charge < -0.3 is 24.7 Å². The van der Waals surface area contributed by atoms with E-state index in [9.17, 15) is 22.8 Å². The molecule has 0 unspecified atom stereocenters. The van der Waals surface area contributed by atoms with Gasteiger partial charge in [-0.15, -0.1) is 6.42 Å². The summed E-state index contributed by atoms with van der Waals surface area (Å²) in [7, 11) is -2.57. The Hall–Kier alpha value is -3.82. The number of rotatable bonds is 10. The van der Waals surface area contributed by atoms with Crippen LogP contribution >= 0.6 is 0 Å². The van der Waals surface area contributed by atoms with Gasteiger partial charge in [0.1, 0.15) is 11.1 Å². The molecule has 0 spiro atoms. The van der Waals surface area contributed by atoms with E-state index in [0.29, 0.717) is 34.7 Å². The molecule has 38 heavy (non-hydrogen) atoms. The van der Waals surface area contributed by atoms with E-state index in [1.165, 1.54) is 30.1 Å². The first-order chi connectivity index (χ1) is 17.7. The Morgan fingerprint density at radius 1 is 1.21 bits per heavy atom. The molecule has 0 fully saturated rings. The highest BCUT2D eigenvalue weighted by Crippen LogP contribution is 2.29. The number of aromatic nitrogens is 2. The third-order valence-electron chi connectivity index (χ3n) is 5.83. The van der Waals surface area contributed by atoms with Gasteiger partial charge in [-0.2, -0.15) is 4.31 Å². The van der Waals surface area contributed by atoms with Crippen molar-refractivity contribution in [2.75, 3.05) is 26.7 Å². The number of H-pyrrole nitrogens is 2. The van der Waals surface area contributed by atoms with Crippen molar-refractivity contribution >= 4 is 43.9 Å². The van der Waals surface area contributed by atoms with Crippen molar-refractivity contribution in [3.63, 3.8) is 0 Å². The van der Waals surface area contributed by atoms with Gasteiger partial charge in [0, 0.05) is 49.0 Å². The fourth-order valence-corrected chi connectivity index (χ4v) is 5.36. The molecule has 11 nitrogen and oxygen atoms in total. The number of carboxylic acids is 1. The molecule has 2 aromatic heterocycles. The van der Waals surface area contributed by atoms with Crippen molar-refractivity contribution in [1.29, 1.82) is 0 Å². The van der Waals surface area contributed by atoms with E-state index in [1.807, 2.05) is 0 Å². The monoisotopic (exact) mass is 544 g/mol. The molecule has 0 saturated carbocycles. The van der Waals surface area contributed by atoms with Crippen LogP contribution in [0.3, 0.4) is 0 Å². The normalized spacial score (nSPS) is 12.1. The lowest BCUT2D eigenvalue weighted by Crippen LogP contribution is -2.41. The topological polar surface area (TPSA) is 153 Å². The molecule has 1 aromatic carbocycles. The van der Waals surface area contributed by atoms with Crippen LogP contribution in [0.1, 0.15) is 39.2 Å². The van der Waals surface area contributed by atoms with Crippen LogP contribution in [0.15, 0.2) is 34.1 Å². The van der Waals surface area contributed by atoms with Gasteiger partial charge in [-0.05, 0) is 57.4 Å². The molecule has 0 saturated heterocycles. The molecule has 3 aromatic rings. The lowest BCUT2D eigenvalue weighted by molar-refractivity contribution is -0.137. The fourth-order valence-electron chi connectivity index (χ4n) is 3.99. The largest absolute Gasteiger partial charge is 0.481 e. The summed E-state index contributed by atoms with van der Waals surface area (Å²) in [4.78, 5) is 42.7. The number of amides is 1. The number of aryl methyl sites for hydroxylation is 1. The number of fused-ring (bicyclic) bond motifs is 3. The summed E-state index contributed by atoms with van der Waals surface area (Å²) in [6.07, 6.45) is 7.23. The van der Waals surface area contributed by atoms with Gasteiger partial charge in [0.15, 0.2) is 0 Å². The number of sulfonamides is 1. The number of terminal acetylenes is 1. The van der Waals surface area contributed by atoms with Crippen LogP contribution in [0, 0.1) is 12.3 Å². The number of hydrogen-bond donors (Lipinski definition) is 3. The standard InChI is InChI=1S/C26H32N4O7S/c1-6-12-30(14-13-29(5)25(34)37-26(2,3)4)38(35,36)18-10-11-20-19(15-18)22-17(8-7-9-21(31)32)16-27-23(22)24(33)28-20/h1,10-11,15-16,27H,7-9,12-14H2,2-5H3,(H,28,33)(H,31,32). The van der Waals surface area contributed by atoms with Crippen LogP contribution in [0.4, 0.5) is 4.79 Å². The van der Waals surface area contributed by atoms with Gasteiger partial charge in [-0.1, -0.05) is 5.92 Å². The zero-order valence-corrected chi connectivity index (χ0v) is 22.6. The SMILES string of the molecule is C#CCN(CCN(C)C(=O)OC(C)(C)C)S(=O)(=O)c1ccc2[nH]c(=O)c3[nH]cc(CCCC(=O)O)c3c2c1. The summed E-state index contributed by atoms with van der Waals surface area (Å²) in [5, 5.41) is 10.0. The number of nitrogens with zero attached hydrogens (tertiary/aromatic N) is 2. The zero-order chi connectivity index (χ0) is 28.3. The first-order valence-corrected chi connectivity index (χ1v) is 13.4. The van der Waals surface area contributed by atoms with Gasteiger partial charge in [-0.25, -0.2) is 13.2 Å². The molecule has 0 aliphatic rings. The molecule has 0 radical (unpaired) electrons. The molecular weight excluding hydrogens is 512 g/mol. The zero-order valence-electron chi connectivity index (χ0n) is 21.8. The van der Waals surface area contributed by atoms with Gasteiger partial charge in [0.05, 0.1) is 11.4 Å². The number of aromatic amines is 2. The van der Waals surface area contributed by atoms with Gasteiger partial charge in [0.25, 0.3) is 5.56 Å². The average Bonchev–Trinajstić information content (AvgIpc) is 3.25. The minimum absolute atomic E-state index is 0.0355. The van der Waals surface area contributed by atoms with Crippen LogP contribution in [0.25, 0.3) is 21.8 Å². The molecule has 1 amide bonds. The lowest BCUT2D eigenvalue weighted by atomic mass is 10.0. The van der Waals surface area contributed by atoms with Crippen molar-refractivity contribution in [3.05, 3.63) is 40.3 Å². The number of carboxylic acid groups (broad SMARTS) is 1.